The minimum Gasteiger partial charge on any atom is -0.481 e. The third kappa shape index (κ3) is 4.40. The second-order valence-electron chi connectivity index (χ2n) is 7.20. The fourth-order valence-electron chi connectivity index (χ4n) is 3.72. The van der Waals surface area contributed by atoms with Gasteiger partial charge in [0.05, 0.1) is 22.0 Å². The second kappa shape index (κ2) is 8.51. The van der Waals surface area contributed by atoms with Crippen LogP contribution < -0.4 is 4.90 Å². The normalized spacial score (nSPS) is 18.9. The zero-order valence-corrected chi connectivity index (χ0v) is 17.0. The Morgan fingerprint density at radius 3 is 2.52 bits per heavy atom. The van der Waals surface area contributed by atoms with Gasteiger partial charge in [0.1, 0.15) is 0 Å². The number of aliphatic carboxylic acids is 1. The number of likely N-dealkylation sites (tertiary alicyclic amines) is 1. The molecule has 2 unspecified atom stereocenters. The minimum atomic E-state index is -0.737. The van der Waals surface area contributed by atoms with Crippen molar-refractivity contribution in [3.05, 3.63) is 63.6 Å². The molecule has 144 valence electrons. The Balaban J connectivity index is 2.03. The van der Waals surface area contributed by atoms with E-state index in [2.05, 4.69) is 29.2 Å². The summed E-state index contributed by atoms with van der Waals surface area (Å²) in [6.45, 7) is 1.32. The van der Waals surface area contributed by atoms with E-state index in [0.29, 0.717) is 23.0 Å². The van der Waals surface area contributed by atoms with Gasteiger partial charge in [-0.25, -0.2) is 0 Å². The highest BCUT2D eigenvalue weighted by Crippen LogP contribution is 2.39. The van der Waals surface area contributed by atoms with Crippen molar-refractivity contribution in [3.63, 3.8) is 0 Å². The van der Waals surface area contributed by atoms with Crippen LogP contribution in [0.3, 0.4) is 0 Å². The van der Waals surface area contributed by atoms with Crippen LogP contribution in [0, 0.1) is 5.92 Å². The maximum Gasteiger partial charge on any atom is 0.307 e. The molecule has 0 aromatic heterocycles. The van der Waals surface area contributed by atoms with E-state index in [4.69, 9.17) is 23.2 Å². The van der Waals surface area contributed by atoms with Crippen molar-refractivity contribution in [3.8, 4) is 0 Å². The van der Waals surface area contributed by atoms with Gasteiger partial charge in [-0.05, 0) is 48.7 Å². The van der Waals surface area contributed by atoms with Crippen LogP contribution >= 0.6 is 23.2 Å². The molecule has 27 heavy (non-hydrogen) atoms. The predicted octanol–water partition coefficient (Wildman–Crippen LogP) is 4.95. The molecule has 0 saturated carbocycles. The monoisotopic (exact) mass is 406 g/mol. The summed E-state index contributed by atoms with van der Waals surface area (Å²) < 4.78 is 0. The first-order chi connectivity index (χ1) is 12.9. The number of halogens is 2. The van der Waals surface area contributed by atoms with Gasteiger partial charge in [-0.3, -0.25) is 9.69 Å². The molecule has 2 aromatic rings. The lowest BCUT2D eigenvalue weighted by molar-refractivity contribution is -0.143. The molecule has 1 saturated heterocycles. The first-order valence-electron chi connectivity index (χ1n) is 9.06. The molecular formula is C21H24Cl2N2O2. The van der Waals surface area contributed by atoms with Crippen molar-refractivity contribution in [2.24, 2.45) is 5.92 Å². The zero-order chi connectivity index (χ0) is 19.6. The van der Waals surface area contributed by atoms with E-state index >= 15 is 0 Å². The summed E-state index contributed by atoms with van der Waals surface area (Å²) in [6.07, 6.45) is 1.56. The number of hydrogen-bond acceptors (Lipinski definition) is 3. The predicted molar refractivity (Wildman–Crippen MR) is 111 cm³/mol. The molecule has 0 radical (unpaired) electrons. The van der Waals surface area contributed by atoms with Gasteiger partial charge in [-0.15, -0.1) is 0 Å². The maximum absolute atomic E-state index is 11.6. The third-order valence-corrected chi connectivity index (χ3v) is 6.00. The molecule has 1 aliphatic rings. The van der Waals surface area contributed by atoms with Gasteiger partial charge in [0.2, 0.25) is 0 Å². The molecule has 0 spiro atoms. The van der Waals surface area contributed by atoms with Gasteiger partial charge in [0.25, 0.3) is 0 Å². The first-order valence-corrected chi connectivity index (χ1v) is 9.82. The Labute approximate surface area is 170 Å². The molecule has 0 aliphatic carbocycles. The molecule has 1 fully saturated rings. The van der Waals surface area contributed by atoms with E-state index in [0.717, 1.165) is 29.8 Å². The molecule has 2 aromatic carbocycles. The lowest BCUT2D eigenvalue weighted by Gasteiger charge is -2.38. The standard InChI is InChI=1S/C21H24Cl2N2O2/c1-24(2)16-10-8-14(9-11-16)20(17-6-3-7-18(22)19(17)23)25-12-4-5-15(13-25)21(26)27/h3,6-11,15,20H,4-5,12-13H2,1-2H3,(H,26,27). The maximum atomic E-state index is 11.6. The summed E-state index contributed by atoms with van der Waals surface area (Å²) in [5.74, 6) is -1.10. The first kappa shape index (κ1) is 20.0. The largest absolute Gasteiger partial charge is 0.481 e. The van der Waals surface area contributed by atoms with E-state index in [1.807, 2.05) is 31.1 Å². The molecule has 0 amide bonds. The third-order valence-electron chi connectivity index (χ3n) is 5.17. The van der Waals surface area contributed by atoms with Crippen LogP contribution in [0.2, 0.25) is 10.0 Å². The molecule has 1 heterocycles. The Morgan fingerprint density at radius 2 is 1.89 bits per heavy atom. The molecule has 1 aliphatic heterocycles. The van der Waals surface area contributed by atoms with Crippen molar-refractivity contribution >= 4 is 34.9 Å². The summed E-state index contributed by atoms with van der Waals surface area (Å²) in [4.78, 5) is 15.8. The van der Waals surface area contributed by atoms with Crippen LogP contribution in [0.25, 0.3) is 0 Å². The Kier molecular flexibility index (Phi) is 6.30. The van der Waals surface area contributed by atoms with Crippen LogP contribution in [-0.2, 0) is 4.79 Å². The van der Waals surface area contributed by atoms with E-state index in [1.54, 1.807) is 6.07 Å². The number of piperidine rings is 1. The molecule has 1 N–H and O–H groups in total. The summed E-state index contributed by atoms with van der Waals surface area (Å²) in [5.41, 5.74) is 3.10. The minimum absolute atomic E-state index is 0.130. The molecule has 2 atom stereocenters. The number of carboxylic acids is 1. The molecule has 0 bridgehead atoms. The van der Waals surface area contributed by atoms with Crippen molar-refractivity contribution < 1.29 is 9.90 Å². The van der Waals surface area contributed by atoms with Gasteiger partial charge in [0, 0.05) is 26.3 Å². The number of rotatable bonds is 5. The van der Waals surface area contributed by atoms with Gasteiger partial charge >= 0.3 is 5.97 Å². The Bertz CT molecular complexity index is 808. The smallest absolute Gasteiger partial charge is 0.307 e. The van der Waals surface area contributed by atoms with Crippen molar-refractivity contribution in [1.29, 1.82) is 0 Å². The SMILES string of the molecule is CN(C)c1ccc(C(c2cccc(Cl)c2Cl)N2CCCC(C(=O)O)C2)cc1. The van der Waals surface area contributed by atoms with Crippen LogP contribution in [0.15, 0.2) is 42.5 Å². The van der Waals surface area contributed by atoms with E-state index in [-0.39, 0.29) is 12.0 Å². The number of carbonyl (C=O) groups is 1. The van der Waals surface area contributed by atoms with Crippen molar-refractivity contribution in [2.45, 2.75) is 18.9 Å². The lowest BCUT2D eigenvalue weighted by Crippen LogP contribution is -2.41. The number of hydrogen-bond donors (Lipinski definition) is 1. The summed E-state index contributed by atoms with van der Waals surface area (Å²) in [7, 11) is 4.00. The van der Waals surface area contributed by atoms with Gasteiger partial charge in [-0.1, -0.05) is 47.5 Å². The fraction of sp³-hybridized carbons (Fsp3) is 0.381. The van der Waals surface area contributed by atoms with E-state index < -0.39 is 5.97 Å². The van der Waals surface area contributed by atoms with Crippen LogP contribution in [0.1, 0.15) is 30.0 Å². The van der Waals surface area contributed by atoms with Gasteiger partial charge < -0.3 is 10.0 Å². The Hall–Kier alpha value is -1.75. The Morgan fingerprint density at radius 1 is 1.19 bits per heavy atom. The fourth-order valence-corrected chi connectivity index (χ4v) is 4.13. The topological polar surface area (TPSA) is 43.8 Å². The number of benzene rings is 2. The highest BCUT2D eigenvalue weighted by atomic mass is 35.5. The highest BCUT2D eigenvalue weighted by molar-refractivity contribution is 6.42. The van der Waals surface area contributed by atoms with E-state index in [1.165, 1.54) is 0 Å². The average molecular weight is 407 g/mol. The lowest BCUT2D eigenvalue weighted by atomic mass is 9.91. The molecular weight excluding hydrogens is 383 g/mol. The summed E-state index contributed by atoms with van der Waals surface area (Å²) >= 11 is 12.8. The quantitative estimate of drug-likeness (QED) is 0.762. The number of carboxylic acid groups (broad SMARTS) is 1. The molecule has 3 rings (SSSR count). The molecule has 4 nitrogen and oxygen atoms in total. The number of anilines is 1. The number of nitrogens with zero attached hydrogens (tertiary/aromatic N) is 2. The van der Waals surface area contributed by atoms with Gasteiger partial charge in [0.15, 0.2) is 0 Å². The zero-order valence-electron chi connectivity index (χ0n) is 15.5. The van der Waals surface area contributed by atoms with Crippen LogP contribution in [0.4, 0.5) is 5.69 Å². The summed E-state index contributed by atoms with van der Waals surface area (Å²) in [6, 6.07) is 13.8. The highest BCUT2D eigenvalue weighted by Gasteiger charge is 2.32. The van der Waals surface area contributed by atoms with Crippen LogP contribution in [-0.4, -0.2) is 43.2 Å². The second-order valence-corrected chi connectivity index (χ2v) is 7.99. The van der Waals surface area contributed by atoms with Crippen molar-refractivity contribution in [1.82, 2.24) is 4.90 Å². The average Bonchev–Trinajstić information content (AvgIpc) is 2.66. The van der Waals surface area contributed by atoms with Gasteiger partial charge in [-0.2, -0.15) is 0 Å². The van der Waals surface area contributed by atoms with Crippen LogP contribution in [0.5, 0.6) is 0 Å². The van der Waals surface area contributed by atoms with E-state index in [9.17, 15) is 9.90 Å². The molecule has 6 heteroatoms. The summed E-state index contributed by atoms with van der Waals surface area (Å²) in [5, 5.41) is 10.5. The van der Waals surface area contributed by atoms with Crippen molar-refractivity contribution in [2.75, 3.05) is 32.1 Å².